The maximum absolute atomic E-state index is 12.4. The van der Waals surface area contributed by atoms with Crippen molar-refractivity contribution in [3.8, 4) is 0 Å². The second-order valence-corrected chi connectivity index (χ2v) is 2.60. The molecule has 0 aliphatic heterocycles. The van der Waals surface area contributed by atoms with Gasteiger partial charge in [0.1, 0.15) is 0 Å². The molecular formula is C9H9F2NO2. The smallest absolute Gasteiger partial charge is 0.405 e. The van der Waals surface area contributed by atoms with E-state index in [1.165, 1.54) is 12.1 Å². The number of carbonyl (C=O) groups excluding carboxylic acids is 1. The van der Waals surface area contributed by atoms with Crippen molar-refractivity contribution in [1.29, 1.82) is 0 Å². The molecule has 0 saturated carbocycles. The van der Waals surface area contributed by atoms with Crippen molar-refractivity contribution in [3.05, 3.63) is 35.9 Å². The molecule has 1 atom stereocenters. The number of halogens is 2. The van der Waals surface area contributed by atoms with Gasteiger partial charge in [-0.2, -0.15) is 0 Å². The highest BCUT2D eigenvalue weighted by atomic mass is 19.3. The van der Waals surface area contributed by atoms with Crippen LogP contribution in [-0.2, 0) is 4.74 Å². The molecule has 5 heteroatoms. The fourth-order valence-electron chi connectivity index (χ4n) is 1.03. The first kappa shape index (κ1) is 10.4. The first-order valence-corrected chi connectivity index (χ1v) is 3.90. The summed E-state index contributed by atoms with van der Waals surface area (Å²) >= 11 is 0. The zero-order valence-electron chi connectivity index (χ0n) is 7.19. The average molecular weight is 201 g/mol. The molecule has 14 heavy (non-hydrogen) atoms. The summed E-state index contributed by atoms with van der Waals surface area (Å²) in [5, 5.41) is 0. The molecule has 0 radical (unpaired) electrons. The van der Waals surface area contributed by atoms with Gasteiger partial charge in [-0.25, -0.2) is 13.6 Å². The highest BCUT2D eigenvalue weighted by Gasteiger charge is 2.25. The lowest BCUT2D eigenvalue weighted by Crippen LogP contribution is -2.22. The van der Waals surface area contributed by atoms with Gasteiger partial charge in [0.15, 0.2) is 6.10 Å². The highest BCUT2D eigenvalue weighted by molar-refractivity contribution is 5.65. The fourth-order valence-corrected chi connectivity index (χ4v) is 1.03. The Morgan fingerprint density at radius 3 is 2.29 bits per heavy atom. The maximum Gasteiger partial charge on any atom is 0.405 e. The zero-order valence-corrected chi connectivity index (χ0v) is 7.19. The molecule has 1 aromatic carbocycles. The topological polar surface area (TPSA) is 52.3 Å². The number of hydrogen-bond donors (Lipinski definition) is 1. The van der Waals surface area contributed by atoms with Crippen LogP contribution in [0.3, 0.4) is 0 Å². The first-order valence-electron chi connectivity index (χ1n) is 3.90. The van der Waals surface area contributed by atoms with Gasteiger partial charge in [0.2, 0.25) is 0 Å². The van der Waals surface area contributed by atoms with E-state index in [1.807, 2.05) is 0 Å². The van der Waals surface area contributed by atoms with E-state index in [1.54, 1.807) is 18.2 Å². The summed E-state index contributed by atoms with van der Waals surface area (Å²) in [6, 6.07) is 7.72. The van der Waals surface area contributed by atoms with E-state index in [9.17, 15) is 13.6 Å². The molecule has 1 aromatic rings. The molecule has 0 saturated heterocycles. The van der Waals surface area contributed by atoms with Crippen LogP contribution in [0.2, 0.25) is 0 Å². The number of primary amides is 1. The average Bonchev–Trinajstić information content (AvgIpc) is 2.15. The van der Waals surface area contributed by atoms with Gasteiger partial charge in [0.25, 0.3) is 6.43 Å². The molecule has 1 amide bonds. The molecule has 1 unspecified atom stereocenters. The van der Waals surface area contributed by atoms with E-state index >= 15 is 0 Å². The Hall–Kier alpha value is -1.65. The molecule has 76 valence electrons. The maximum atomic E-state index is 12.4. The van der Waals surface area contributed by atoms with Gasteiger partial charge < -0.3 is 10.5 Å². The van der Waals surface area contributed by atoms with E-state index in [0.29, 0.717) is 0 Å². The second kappa shape index (κ2) is 4.55. The minimum Gasteiger partial charge on any atom is -0.435 e. The summed E-state index contributed by atoms with van der Waals surface area (Å²) in [6.45, 7) is 0. The van der Waals surface area contributed by atoms with Crippen molar-refractivity contribution in [2.24, 2.45) is 5.73 Å². The SMILES string of the molecule is NC(=O)OC(c1ccccc1)C(F)F. The van der Waals surface area contributed by atoms with Crippen LogP contribution in [0.4, 0.5) is 13.6 Å². The Bertz CT molecular complexity index is 303. The quantitative estimate of drug-likeness (QED) is 0.813. The van der Waals surface area contributed by atoms with E-state index < -0.39 is 18.6 Å². The highest BCUT2D eigenvalue weighted by Crippen LogP contribution is 2.24. The number of nitrogens with two attached hydrogens (primary N) is 1. The van der Waals surface area contributed by atoms with Gasteiger partial charge in [-0.1, -0.05) is 30.3 Å². The van der Waals surface area contributed by atoms with Crippen LogP contribution in [0.15, 0.2) is 30.3 Å². The summed E-state index contributed by atoms with van der Waals surface area (Å²) in [6.07, 6.45) is -5.59. The summed E-state index contributed by atoms with van der Waals surface area (Å²) in [4.78, 5) is 10.4. The van der Waals surface area contributed by atoms with E-state index in [-0.39, 0.29) is 5.56 Å². The van der Waals surface area contributed by atoms with Crippen molar-refractivity contribution in [2.75, 3.05) is 0 Å². The Labute approximate surface area is 79.5 Å². The molecule has 0 aromatic heterocycles. The van der Waals surface area contributed by atoms with E-state index in [0.717, 1.165) is 0 Å². The molecule has 1 rings (SSSR count). The van der Waals surface area contributed by atoms with Crippen LogP contribution in [0, 0.1) is 0 Å². The summed E-state index contributed by atoms with van der Waals surface area (Å²) in [5.41, 5.74) is 4.90. The number of rotatable bonds is 3. The normalized spacial score (nSPS) is 12.5. The van der Waals surface area contributed by atoms with Crippen molar-refractivity contribution in [1.82, 2.24) is 0 Å². The van der Waals surface area contributed by atoms with E-state index in [4.69, 9.17) is 0 Å². The number of benzene rings is 1. The van der Waals surface area contributed by atoms with Crippen LogP contribution in [0.25, 0.3) is 0 Å². The third-order valence-corrected chi connectivity index (χ3v) is 1.60. The van der Waals surface area contributed by atoms with E-state index in [2.05, 4.69) is 10.5 Å². The van der Waals surface area contributed by atoms with Crippen molar-refractivity contribution in [2.45, 2.75) is 12.5 Å². The molecule has 0 heterocycles. The lowest BCUT2D eigenvalue weighted by molar-refractivity contribution is -0.0159. The molecule has 0 bridgehead atoms. The largest absolute Gasteiger partial charge is 0.435 e. The van der Waals surface area contributed by atoms with Crippen LogP contribution >= 0.6 is 0 Å². The Kier molecular flexibility index (Phi) is 3.39. The van der Waals surface area contributed by atoms with Gasteiger partial charge in [0, 0.05) is 0 Å². The van der Waals surface area contributed by atoms with Crippen LogP contribution < -0.4 is 5.73 Å². The number of ether oxygens (including phenoxy) is 1. The molecule has 0 aliphatic rings. The predicted octanol–water partition coefficient (Wildman–Crippen LogP) is 2.09. The lowest BCUT2D eigenvalue weighted by atomic mass is 10.1. The third-order valence-electron chi connectivity index (χ3n) is 1.60. The number of hydrogen-bond acceptors (Lipinski definition) is 2. The van der Waals surface area contributed by atoms with Crippen LogP contribution in [0.1, 0.15) is 11.7 Å². The summed E-state index contributed by atoms with van der Waals surface area (Å²) in [7, 11) is 0. The van der Waals surface area contributed by atoms with Gasteiger partial charge in [-0.05, 0) is 5.56 Å². The predicted molar refractivity (Wildman–Crippen MR) is 45.9 cm³/mol. The molecule has 0 spiro atoms. The Balaban J connectivity index is 2.83. The molecule has 0 aliphatic carbocycles. The summed E-state index contributed by atoms with van der Waals surface area (Å²) < 4.78 is 29.1. The summed E-state index contributed by atoms with van der Waals surface area (Å²) in [5.74, 6) is 0. The van der Waals surface area contributed by atoms with Crippen molar-refractivity contribution in [3.63, 3.8) is 0 Å². The first-order chi connectivity index (χ1) is 6.61. The second-order valence-electron chi connectivity index (χ2n) is 2.60. The molecule has 3 nitrogen and oxygen atoms in total. The van der Waals surface area contributed by atoms with Crippen molar-refractivity contribution < 1.29 is 18.3 Å². The Morgan fingerprint density at radius 1 is 1.29 bits per heavy atom. The number of amides is 1. The van der Waals surface area contributed by atoms with Gasteiger partial charge >= 0.3 is 6.09 Å². The monoisotopic (exact) mass is 201 g/mol. The van der Waals surface area contributed by atoms with Gasteiger partial charge in [-0.15, -0.1) is 0 Å². The van der Waals surface area contributed by atoms with Crippen molar-refractivity contribution >= 4 is 6.09 Å². The van der Waals surface area contributed by atoms with Gasteiger partial charge in [0.05, 0.1) is 0 Å². The lowest BCUT2D eigenvalue weighted by Gasteiger charge is -2.15. The van der Waals surface area contributed by atoms with Gasteiger partial charge in [-0.3, -0.25) is 0 Å². The molecule has 0 fully saturated rings. The minimum atomic E-state index is -2.79. The number of alkyl halides is 2. The fraction of sp³-hybridized carbons (Fsp3) is 0.222. The minimum absolute atomic E-state index is 0.223. The standard InChI is InChI=1S/C9H9F2NO2/c10-8(11)7(14-9(12)13)6-4-2-1-3-5-6/h1-5,7-8H,(H2,12,13). The molecule has 2 N–H and O–H groups in total. The zero-order chi connectivity index (χ0) is 10.6. The Morgan fingerprint density at radius 2 is 1.86 bits per heavy atom. The molecular weight excluding hydrogens is 192 g/mol. The van der Waals surface area contributed by atoms with Crippen LogP contribution in [0.5, 0.6) is 0 Å². The third kappa shape index (κ3) is 2.69. The number of carbonyl (C=O) groups is 1. The van der Waals surface area contributed by atoms with Crippen LogP contribution in [-0.4, -0.2) is 12.5 Å².